The van der Waals surface area contributed by atoms with Gasteiger partial charge in [0.05, 0.1) is 5.69 Å². The minimum Gasteiger partial charge on any atom is -0.311 e. The fourth-order valence-corrected chi connectivity index (χ4v) is 16.7. The van der Waals surface area contributed by atoms with E-state index in [1.807, 2.05) is 0 Å². The molecular formula is C64H78BN3. The van der Waals surface area contributed by atoms with Crippen molar-refractivity contribution in [3.63, 3.8) is 0 Å². The van der Waals surface area contributed by atoms with E-state index in [0.29, 0.717) is 0 Å². The summed E-state index contributed by atoms with van der Waals surface area (Å²) in [5.41, 5.74) is 21.6. The second-order valence-electron chi connectivity index (χ2n) is 27.9. The third-order valence-corrected chi connectivity index (χ3v) is 20.9. The zero-order valence-electron chi connectivity index (χ0n) is 43.8. The quantitative estimate of drug-likeness (QED) is 0.165. The van der Waals surface area contributed by atoms with E-state index < -0.39 is 0 Å². The van der Waals surface area contributed by atoms with Gasteiger partial charge in [-0.3, -0.25) is 4.90 Å². The van der Waals surface area contributed by atoms with Crippen molar-refractivity contribution in [2.75, 3.05) is 9.80 Å². The summed E-state index contributed by atoms with van der Waals surface area (Å²) in [6, 6.07) is 32.8. The Hall–Kier alpha value is -4.31. The minimum atomic E-state index is 0.0598. The minimum absolute atomic E-state index is 0.0598. The van der Waals surface area contributed by atoms with Crippen molar-refractivity contribution in [1.82, 2.24) is 4.98 Å². The zero-order valence-corrected chi connectivity index (χ0v) is 43.8. The first-order chi connectivity index (χ1) is 32.1. The number of benzene rings is 4. The summed E-state index contributed by atoms with van der Waals surface area (Å²) >= 11 is 0. The van der Waals surface area contributed by atoms with Gasteiger partial charge in [-0.1, -0.05) is 125 Å². The average Bonchev–Trinajstić information content (AvgIpc) is 3.30. The van der Waals surface area contributed by atoms with Gasteiger partial charge >= 0.3 is 0 Å². The van der Waals surface area contributed by atoms with Crippen molar-refractivity contribution in [1.29, 1.82) is 0 Å². The molecule has 5 aromatic rings. The number of aromatic nitrogens is 1. The van der Waals surface area contributed by atoms with E-state index in [9.17, 15) is 0 Å². The molecule has 352 valence electrons. The SMILES string of the molecule is Cc1ccc2c(c1)B1c3cc4c(cc3N(c3ccc5c(c3)C(C)(C)CCC5(C)C)c3cc([C@]56CC[C@@H]7CC8CCC(C5)[C@H](C8)C7C6)nc(c31)N2c1ccc(C(C)(C)C)cc1)C(C)(C)CCC4(C)C. The lowest BCUT2D eigenvalue weighted by Gasteiger charge is -2.61. The number of hydrogen-bond donors (Lipinski definition) is 0. The lowest BCUT2D eigenvalue weighted by Crippen LogP contribution is -2.62. The van der Waals surface area contributed by atoms with Crippen LogP contribution in [-0.4, -0.2) is 11.7 Å². The van der Waals surface area contributed by atoms with Crippen LogP contribution in [0.5, 0.6) is 0 Å². The Kier molecular flexibility index (Phi) is 9.12. The summed E-state index contributed by atoms with van der Waals surface area (Å²) in [4.78, 5) is 11.7. The van der Waals surface area contributed by atoms with Gasteiger partial charge in [-0.15, -0.1) is 0 Å². The molecule has 3 heterocycles. The van der Waals surface area contributed by atoms with E-state index in [-0.39, 0.29) is 39.2 Å². The van der Waals surface area contributed by atoms with Crippen LogP contribution in [0.1, 0.15) is 192 Å². The van der Waals surface area contributed by atoms with Gasteiger partial charge in [0, 0.05) is 33.9 Å². The highest BCUT2D eigenvalue weighted by molar-refractivity contribution is 7.00. The highest BCUT2D eigenvalue weighted by Gasteiger charge is 2.57. The standard InChI is InChI=1S/C64H78BN3/c1-38-13-22-53-51(29-38)65-52-33-49-50(63(11,12)28-27-62(49,9)10)34-54(52)67(44-20-21-47-48(32-44)61(7,8)26-25-60(47,5)6)55-35-56(64-24-23-40-30-39-14-15-41(36-64)45(31-39)46(40)37-64)66-58(57(55)65)68(53)43-18-16-42(17-19-43)59(2,3)4/h13,16-22,29,32-35,39-41,45-46H,14-15,23-28,30-31,36-37H2,1-12H3/t39?,40-,41?,45+,46?,64-/m1/s1. The van der Waals surface area contributed by atoms with E-state index in [1.54, 1.807) is 11.1 Å². The Bertz CT molecular complexity index is 2920. The zero-order chi connectivity index (χ0) is 47.2. The molecule has 68 heavy (non-hydrogen) atoms. The van der Waals surface area contributed by atoms with Crippen molar-refractivity contribution >= 4 is 57.4 Å². The monoisotopic (exact) mass is 900 g/mol. The molecule has 6 aliphatic carbocycles. The van der Waals surface area contributed by atoms with Crippen molar-refractivity contribution in [2.24, 2.45) is 29.6 Å². The Morgan fingerprint density at radius 1 is 0.544 bits per heavy atom. The maximum Gasteiger partial charge on any atom is 0.254 e. The topological polar surface area (TPSA) is 19.4 Å². The summed E-state index contributed by atoms with van der Waals surface area (Å²) in [5.74, 6) is 5.68. The Morgan fingerprint density at radius 2 is 1.19 bits per heavy atom. The maximum absolute atomic E-state index is 6.32. The molecule has 0 amide bonds. The molecule has 4 heteroatoms. The third-order valence-electron chi connectivity index (χ3n) is 20.9. The van der Waals surface area contributed by atoms with Crippen molar-refractivity contribution in [3.8, 4) is 0 Å². The van der Waals surface area contributed by atoms with Crippen LogP contribution in [0.2, 0.25) is 0 Å². The largest absolute Gasteiger partial charge is 0.311 e. The molecule has 0 spiro atoms. The first-order valence-corrected chi connectivity index (χ1v) is 27.3. The van der Waals surface area contributed by atoms with Gasteiger partial charge in [-0.25, -0.2) is 4.98 Å². The van der Waals surface area contributed by atoms with Crippen LogP contribution in [0.4, 0.5) is 34.3 Å². The van der Waals surface area contributed by atoms with Gasteiger partial charge in [0.2, 0.25) is 0 Å². The van der Waals surface area contributed by atoms with E-state index in [4.69, 9.17) is 4.98 Å². The summed E-state index contributed by atoms with van der Waals surface area (Å²) in [6.45, 7) is 29.4. The van der Waals surface area contributed by atoms with Crippen molar-refractivity contribution < 1.29 is 0 Å². The van der Waals surface area contributed by atoms with Gasteiger partial charge in [0.1, 0.15) is 5.82 Å². The normalized spacial score (nSPS) is 29.4. The van der Waals surface area contributed by atoms with Crippen LogP contribution < -0.4 is 26.2 Å². The van der Waals surface area contributed by atoms with Crippen LogP contribution >= 0.6 is 0 Å². The second kappa shape index (κ2) is 14.2. The van der Waals surface area contributed by atoms with E-state index >= 15 is 0 Å². The molecule has 8 aliphatic rings. The van der Waals surface area contributed by atoms with E-state index in [2.05, 4.69) is 172 Å². The van der Waals surface area contributed by atoms with Crippen LogP contribution in [-0.2, 0) is 32.5 Å². The second-order valence-corrected chi connectivity index (χ2v) is 27.9. The summed E-state index contributed by atoms with van der Waals surface area (Å²) in [6.07, 6.45) is 16.0. The number of anilines is 6. The molecule has 4 bridgehead atoms. The molecule has 0 radical (unpaired) electrons. The molecule has 4 aromatic carbocycles. The van der Waals surface area contributed by atoms with Crippen LogP contribution in [0, 0.1) is 36.5 Å². The summed E-state index contributed by atoms with van der Waals surface area (Å²) in [7, 11) is 0. The number of hydrogen-bond acceptors (Lipinski definition) is 3. The van der Waals surface area contributed by atoms with Crippen LogP contribution in [0.3, 0.4) is 0 Å². The van der Waals surface area contributed by atoms with Crippen LogP contribution in [0.15, 0.2) is 78.9 Å². The molecule has 0 saturated heterocycles. The maximum atomic E-state index is 6.32. The molecule has 4 saturated carbocycles. The first-order valence-electron chi connectivity index (χ1n) is 27.3. The van der Waals surface area contributed by atoms with E-state index in [0.717, 1.165) is 29.6 Å². The molecule has 4 fully saturated rings. The summed E-state index contributed by atoms with van der Waals surface area (Å²) in [5, 5.41) is 0. The van der Waals surface area contributed by atoms with Gasteiger partial charge < -0.3 is 4.90 Å². The predicted molar refractivity (Wildman–Crippen MR) is 288 cm³/mol. The number of fused-ring (bicyclic) bond motifs is 8. The molecule has 3 nitrogen and oxygen atoms in total. The molecule has 2 aliphatic heterocycles. The lowest BCUT2D eigenvalue weighted by molar-refractivity contribution is -0.0786. The number of nitrogens with zero attached hydrogens (tertiary/aromatic N) is 3. The third kappa shape index (κ3) is 6.25. The predicted octanol–water partition coefficient (Wildman–Crippen LogP) is 15.0. The van der Waals surface area contributed by atoms with Gasteiger partial charge in [0.15, 0.2) is 0 Å². The Labute approximate surface area is 410 Å². The molecule has 0 N–H and O–H groups in total. The van der Waals surface area contributed by atoms with Gasteiger partial charge in [-0.05, 0) is 221 Å². The first kappa shape index (κ1) is 43.7. The fraction of sp³-hybridized carbons (Fsp3) is 0.547. The van der Waals surface area contributed by atoms with E-state index in [1.165, 1.54) is 156 Å². The number of aryl methyl sites for hydroxylation is 1. The fourth-order valence-electron chi connectivity index (χ4n) is 16.7. The smallest absolute Gasteiger partial charge is 0.254 e. The molecule has 3 unspecified atom stereocenters. The molecule has 13 rings (SSSR count). The highest BCUT2D eigenvalue weighted by Crippen LogP contribution is 2.65. The van der Waals surface area contributed by atoms with Gasteiger partial charge in [-0.2, -0.15) is 0 Å². The summed E-state index contributed by atoms with van der Waals surface area (Å²) < 4.78 is 0. The van der Waals surface area contributed by atoms with Gasteiger partial charge in [0.25, 0.3) is 6.71 Å². The van der Waals surface area contributed by atoms with Crippen LogP contribution in [0.25, 0.3) is 0 Å². The highest BCUT2D eigenvalue weighted by atomic mass is 15.2. The Balaban J connectivity index is 1.13. The lowest BCUT2D eigenvalue weighted by atomic mass is 9.33. The number of pyridine rings is 1. The van der Waals surface area contributed by atoms with Crippen molar-refractivity contribution in [3.05, 3.63) is 118 Å². The van der Waals surface area contributed by atoms with Crippen molar-refractivity contribution in [2.45, 2.75) is 193 Å². The molecule has 6 atom stereocenters. The Morgan fingerprint density at radius 3 is 1.90 bits per heavy atom. The molecule has 1 aromatic heterocycles. The average molecular weight is 900 g/mol. The number of rotatable bonds is 3. The molecular weight excluding hydrogens is 822 g/mol.